The average Bonchev–Trinajstić information content (AvgIpc) is 3.25. The molecule has 1 fully saturated rings. The third-order valence-electron chi connectivity index (χ3n) is 3.81. The predicted molar refractivity (Wildman–Crippen MR) is 87.5 cm³/mol. The van der Waals surface area contributed by atoms with Crippen molar-refractivity contribution in [2.45, 2.75) is 18.9 Å². The molecule has 0 bridgehead atoms. The number of anilines is 1. The molecule has 23 heavy (non-hydrogen) atoms. The zero-order chi connectivity index (χ0) is 16.1. The van der Waals surface area contributed by atoms with Crippen LogP contribution in [0.5, 0.6) is 0 Å². The van der Waals surface area contributed by atoms with E-state index in [1.54, 1.807) is 29.4 Å². The normalized spacial score (nSPS) is 17.6. The van der Waals surface area contributed by atoms with Crippen molar-refractivity contribution >= 4 is 23.6 Å². The molecule has 5 nitrogen and oxygen atoms in total. The first-order chi connectivity index (χ1) is 11.2. The number of nitrogens with zero attached hydrogens (tertiary/aromatic N) is 1. The Kier molecular flexibility index (Phi) is 4.57. The highest BCUT2D eigenvalue weighted by atomic mass is 16.3. The van der Waals surface area contributed by atoms with Crippen LogP contribution in [-0.2, 0) is 9.59 Å². The molecule has 0 radical (unpaired) electrons. The first-order valence-electron chi connectivity index (χ1n) is 7.62. The van der Waals surface area contributed by atoms with E-state index in [-0.39, 0.29) is 11.8 Å². The Morgan fingerprint density at radius 3 is 2.74 bits per heavy atom. The highest BCUT2D eigenvalue weighted by Gasteiger charge is 2.33. The van der Waals surface area contributed by atoms with E-state index >= 15 is 0 Å². The summed E-state index contributed by atoms with van der Waals surface area (Å²) in [5.74, 6) is 0.295. The summed E-state index contributed by atoms with van der Waals surface area (Å²) in [6.07, 6.45) is 6.13. The predicted octanol–water partition coefficient (Wildman–Crippen LogP) is 2.92. The third kappa shape index (κ3) is 3.69. The summed E-state index contributed by atoms with van der Waals surface area (Å²) in [4.78, 5) is 26.3. The van der Waals surface area contributed by atoms with Gasteiger partial charge in [0.1, 0.15) is 11.8 Å². The maximum absolute atomic E-state index is 12.4. The Bertz CT molecular complexity index is 692. The van der Waals surface area contributed by atoms with E-state index in [4.69, 9.17) is 4.42 Å². The topological polar surface area (TPSA) is 62.6 Å². The Hall–Kier alpha value is -2.82. The van der Waals surface area contributed by atoms with Crippen LogP contribution in [0.25, 0.3) is 6.08 Å². The lowest BCUT2D eigenvalue weighted by molar-refractivity contribution is -0.132. The zero-order valence-electron chi connectivity index (χ0n) is 12.6. The second-order valence-corrected chi connectivity index (χ2v) is 5.39. The molecule has 1 saturated heterocycles. The van der Waals surface area contributed by atoms with Gasteiger partial charge in [0.2, 0.25) is 11.8 Å². The lowest BCUT2D eigenvalue weighted by Crippen LogP contribution is -2.42. The van der Waals surface area contributed by atoms with Gasteiger partial charge in [-0.25, -0.2) is 0 Å². The van der Waals surface area contributed by atoms with Crippen molar-refractivity contribution in [2.75, 3.05) is 11.9 Å². The number of para-hydroxylation sites is 1. The molecule has 0 saturated carbocycles. The van der Waals surface area contributed by atoms with Gasteiger partial charge < -0.3 is 14.6 Å². The standard InChI is InChI=1S/C18H18N2O3/c21-17(11-10-15-8-5-13-23-15)20-12-4-9-16(20)18(22)19-14-6-2-1-3-7-14/h1-3,5-8,10-11,13,16H,4,9,12H2,(H,19,22)/b11-10+/t16-/m0/s1. The Balaban J connectivity index is 1.65. The summed E-state index contributed by atoms with van der Waals surface area (Å²) in [5, 5.41) is 2.86. The van der Waals surface area contributed by atoms with E-state index in [1.165, 1.54) is 6.08 Å². The van der Waals surface area contributed by atoms with Gasteiger partial charge in [0, 0.05) is 18.3 Å². The fourth-order valence-electron chi connectivity index (χ4n) is 2.69. The molecule has 118 valence electrons. The number of hydrogen-bond donors (Lipinski definition) is 1. The van der Waals surface area contributed by atoms with E-state index in [0.29, 0.717) is 18.7 Å². The van der Waals surface area contributed by atoms with Crippen molar-refractivity contribution in [1.82, 2.24) is 4.90 Å². The van der Waals surface area contributed by atoms with Gasteiger partial charge in [0.05, 0.1) is 6.26 Å². The minimum absolute atomic E-state index is 0.145. The van der Waals surface area contributed by atoms with E-state index in [2.05, 4.69) is 5.32 Å². The van der Waals surface area contributed by atoms with Crippen molar-refractivity contribution in [3.05, 3.63) is 60.6 Å². The van der Waals surface area contributed by atoms with Crippen LogP contribution < -0.4 is 5.32 Å². The van der Waals surface area contributed by atoms with Crippen LogP contribution in [0.4, 0.5) is 5.69 Å². The quantitative estimate of drug-likeness (QED) is 0.883. The summed E-state index contributed by atoms with van der Waals surface area (Å²) in [6.45, 7) is 0.591. The van der Waals surface area contributed by atoms with Gasteiger partial charge in [0.25, 0.3) is 0 Å². The molecule has 0 aliphatic carbocycles. The second-order valence-electron chi connectivity index (χ2n) is 5.39. The van der Waals surface area contributed by atoms with Crippen LogP contribution in [0.2, 0.25) is 0 Å². The lowest BCUT2D eigenvalue weighted by atomic mass is 10.2. The molecule has 2 amide bonds. The number of amides is 2. The average molecular weight is 310 g/mol. The largest absolute Gasteiger partial charge is 0.465 e. The van der Waals surface area contributed by atoms with E-state index in [9.17, 15) is 9.59 Å². The van der Waals surface area contributed by atoms with E-state index < -0.39 is 6.04 Å². The van der Waals surface area contributed by atoms with Crippen molar-refractivity contribution in [1.29, 1.82) is 0 Å². The van der Waals surface area contributed by atoms with Crippen LogP contribution in [-0.4, -0.2) is 29.3 Å². The van der Waals surface area contributed by atoms with Gasteiger partial charge >= 0.3 is 0 Å². The second kappa shape index (κ2) is 6.96. The zero-order valence-corrected chi connectivity index (χ0v) is 12.6. The maximum Gasteiger partial charge on any atom is 0.247 e. The summed E-state index contributed by atoms with van der Waals surface area (Å²) >= 11 is 0. The maximum atomic E-state index is 12.4. The van der Waals surface area contributed by atoms with E-state index in [1.807, 2.05) is 30.3 Å². The molecule has 1 aromatic heterocycles. The summed E-state index contributed by atoms with van der Waals surface area (Å²) in [6, 6.07) is 12.4. The van der Waals surface area contributed by atoms with Crippen LogP contribution in [0.15, 0.2) is 59.2 Å². The van der Waals surface area contributed by atoms with Crippen molar-refractivity contribution in [3.63, 3.8) is 0 Å². The van der Waals surface area contributed by atoms with Crippen molar-refractivity contribution in [3.8, 4) is 0 Å². The van der Waals surface area contributed by atoms with Gasteiger partial charge in [-0.15, -0.1) is 0 Å². The fraction of sp³-hybridized carbons (Fsp3) is 0.222. The molecule has 1 N–H and O–H groups in total. The number of carbonyl (C=O) groups excluding carboxylic acids is 2. The summed E-state index contributed by atoms with van der Waals surface area (Å²) in [7, 11) is 0. The fourth-order valence-corrected chi connectivity index (χ4v) is 2.69. The number of likely N-dealkylation sites (tertiary alicyclic amines) is 1. The minimum atomic E-state index is -0.427. The number of carbonyl (C=O) groups is 2. The first kappa shape index (κ1) is 15.1. The lowest BCUT2D eigenvalue weighted by Gasteiger charge is -2.22. The number of furan rings is 1. The van der Waals surface area contributed by atoms with Gasteiger partial charge in [0.15, 0.2) is 0 Å². The molecular weight excluding hydrogens is 292 g/mol. The Labute approximate surface area is 134 Å². The molecule has 5 heteroatoms. The molecule has 1 aliphatic rings. The molecule has 1 aliphatic heterocycles. The minimum Gasteiger partial charge on any atom is -0.465 e. The SMILES string of the molecule is O=C(Nc1ccccc1)[C@@H]1CCCN1C(=O)/C=C/c1ccco1. The molecule has 1 aromatic carbocycles. The first-order valence-corrected chi connectivity index (χ1v) is 7.62. The van der Waals surface area contributed by atoms with Gasteiger partial charge in [-0.05, 0) is 43.2 Å². The van der Waals surface area contributed by atoms with Gasteiger partial charge in [-0.1, -0.05) is 18.2 Å². The van der Waals surface area contributed by atoms with Crippen LogP contribution in [0.1, 0.15) is 18.6 Å². The molecule has 1 atom stereocenters. The summed E-state index contributed by atoms with van der Waals surface area (Å²) in [5.41, 5.74) is 0.739. The molecule has 0 spiro atoms. The molecule has 2 aromatic rings. The van der Waals surface area contributed by atoms with Gasteiger partial charge in [-0.2, -0.15) is 0 Å². The summed E-state index contributed by atoms with van der Waals surface area (Å²) < 4.78 is 5.16. The molecule has 2 heterocycles. The van der Waals surface area contributed by atoms with Crippen LogP contribution >= 0.6 is 0 Å². The number of nitrogens with one attached hydrogen (secondary N) is 1. The Morgan fingerprint density at radius 1 is 1.17 bits per heavy atom. The molecule has 0 unspecified atom stereocenters. The van der Waals surface area contributed by atoms with Gasteiger partial charge in [-0.3, -0.25) is 9.59 Å². The number of rotatable bonds is 4. The van der Waals surface area contributed by atoms with Crippen molar-refractivity contribution < 1.29 is 14.0 Å². The van der Waals surface area contributed by atoms with Crippen molar-refractivity contribution in [2.24, 2.45) is 0 Å². The Morgan fingerprint density at radius 2 is 2.00 bits per heavy atom. The van der Waals surface area contributed by atoms with Crippen LogP contribution in [0.3, 0.4) is 0 Å². The monoisotopic (exact) mass is 310 g/mol. The highest BCUT2D eigenvalue weighted by molar-refractivity contribution is 6.00. The van der Waals surface area contributed by atoms with E-state index in [0.717, 1.165) is 12.1 Å². The highest BCUT2D eigenvalue weighted by Crippen LogP contribution is 2.20. The smallest absolute Gasteiger partial charge is 0.247 e. The molecular formula is C18H18N2O3. The number of hydrogen-bond acceptors (Lipinski definition) is 3. The van der Waals surface area contributed by atoms with Crippen LogP contribution in [0, 0.1) is 0 Å². The molecule has 3 rings (SSSR count). The third-order valence-corrected chi connectivity index (χ3v) is 3.81. The number of benzene rings is 1.